The van der Waals surface area contributed by atoms with Crippen molar-refractivity contribution in [3.05, 3.63) is 48.3 Å². The molecule has 0 radical (unpaired) electrons. The second-order valence-corrected chi connectivity index (χ2v) is 3.92. The first-order valence-electron chi connectivity index (χ1n) is 5.59. The molecular weight excluding hydrogens is 276 g/mol. The van der Waals surface area contributed by atoms with Crippen molar-refractivity contribution in [2.75, 3.05) is 7.11 Å². The van der Waals surface area contributed by atoms with Gasteiger partial charge in [0.2, 0.25) is 0 Å². The summed E-state index contributed by atoms with van der Waals surface area (Å²) < 4.78 is 58.1. The molecule has 2 rings (SSSR count). The maximum Gasteiger partial charge on any atom is 0.573 e. The smallest absolute Gasteiger partial charge is 0.494 e. The Kier molecular flexibility index (Phi) is 3.83. The Balaban J connectivity index is 2.24. The van der Waals surface area contributed by atoms with Crippen LogP contribution in [0.15, 0.2) is 42.5 Å². The molecule has 20 heavy (non-hydrogen) atoms. The van der Waals surface area contributed by atoms with Crippen molar-refractivity contribution < 1.29 is 27.0 Å². The first-order chi connectivity index (χ1) is 9.39. The Morgan fingerprint density at radius 1 is 0.900 bits per heavy atom. The van der Waals surface area contributed by atoms with Crippen LogP contribution in [0.1, 0.15) is 0 Å². The van der Waals surface area contributed by atoms with E-state index in [-0.39, 0.29) is 11.5 Å². The Morgan fingerprint density at radius 3 is 2.00 bits per heavy atom. The zero-order valence-corrected chi connectivity index (χ0v) is 10.4. The topological polar surface area (TPSA) is 18.5 Å². The van der Waals surface area contributed by atoms with Gasteiger partial charge in [-0.25, -0.2) is 4.39 Å². The summed E-state index contributed by atoms with van der Waals surface area (Å²) >= 11 is 0. The highest BCUT2D eigenvalue weighted by Gasteiger charge is 2.30. The summed E-state index contributed by atoms with van der Waals surface area (Å²) in [6.45, 7) is 0. The fourth-order valence-corrected chi connectivity index (χ4v) is 1.70. The Hall–Kier alpha value is -2.24. The van der Waals surface area contributed by atoms with Crippen LogP contribution in [0.3, 0.4) is 0 Å². The number of ether oxygens (including phenoxy) is 2. The van der Waals surface area contributed by atoms with Crippen molar-refractivity contribution in [2.24, 2.45) is 0 Å². The van der Waals surface area contributed by atoms with Crippen LogP contribution < -0.4 is 9.47 Å². The predicted molar refractivity (Wildman–Crippen MR) is 65.1 cm³/mol. The van der Waals surface area contributed by atoms with Crippen LogP contribution in [0.4, 0.5) is 17.6 Å². The average molecular weight is 286 g/mol. The van der Waals surface area contributed by atoms with Crippen molar-refractivity contribution in [3.8, 4) is 22.6 Å². The van der Waals surface area contributed by atoms with Gasteiger partial charge in [-0.05, 0) is 35.4 Å². The minimum atomic E-state index is -4.73. The van der Waals surface area contributed by atoms with Crippen LogP contribution in [0.25, 0.3) is 11.1 Å². The zero-order chi connectivity index (χ0) is 14.8. The molecule has 2 aromatic carbocycles. The number of rotatable bonds is 3. The summed E-state index contributed by atoms with van der Waals surface area (Å²) in [4.78, 5) is 0. The summed E-state index contributed by atoms with van der Waals surface area (Å²) in [5.74, 6) is -0.762. The third kappa shape index (κ3) is 3.40. The molecule has 0 aliphatic rings. The van der Waals surface area contributed by atoms with E-state index in [1.165, 1.54) is 43.5 Å². The summed E-state index contributed by atoms with van der Waals surface area (Å²) in [5.41, 5.74) is 1.10. The minimum Gasteiger partial charge on any atom is -0.494 e. The highest BCUT2D eigenvalue weighted by atomic mass is 19.4. The maximum atomic E-state index is 13.5. The number of hydrogen-bond acceptors (Lipinski definition) is 2. The van der Waals surface area contributed by atoms with Gasteiger partial charge in [-0.15, -0.1) is 13.2 Å². The highest BCUT2D eigenvalue weighted by Crippen LogP contribution is 2.28. The number of benzene rings is 2. The lowest BCUT2D eigenvalue weighted by atomic mass is 10.1. The van der Waals surface area contributed by atoms with Crippen molar-refractivity contribution in [1.82, 2.24) is 0 Å². The van der Waals surface area contributed by atoms with E-state index in [1.807, 2.05) is 0 Å². The summed E-state index contributed by atoms with van der Waals surface area (Å²) in [6.07, 6.45) is -4.73. The molecule has 0 heterocycles. The molecule has 0 atom stereocenters. The lowest BCUT2D eigenvalue weighted by Crippen LogP contribution is -2.16. The molecule has 0 fully saturated rings. The fourth-order valence-electron chi connectivity index (χ4n) is 1.70. The number of alkyl halides is 3. The first-order valence-corrected chi connectivity index (χ1v) is 5.59. The van der Waals surface area contributed by atoms with Gasteiger partial charge in [0.15, 0.2) is 11.6 Å². The molecule has 0 N–H and O–H groups in total. The van der Waals surface area contributed by atoms with E-state index in [0.717, 1.165) is 0 Å². The molecule has 0 bridgehead atoms. The predicted octanol–water partition coefficient (Wildman–Crippen LogP) is 4.40. The average Bonchev–Trinajstić information content (AvgIpc) is 2.37. The number of methoxy groups -OCH3 is 1. The molecule has 0 aliphatic carbocycles. The van der Waals surface area contributed by atoms with Crippen molar-refractivity contribution in [2.45, 2.75) is 6.36 Å². The van der Waals surface area contributed by atoms with E-state index in [2.05, 4.69) is 4.74 Å². The van der Waals surface area contributed by atoms with E-state index < -0.39 is 12.2 Å². The third-order valence-electron chi connectivity index (χ3n) is 2.57. The van der Waals surface area contributed by atoms with E-state index in [0.29, 0.717) is 11.1 Å². The van der Waals surface area contributed by atoms with Crippen LogP contribution in [0.5, 0.6) is 11.5 Å². The second-order valence-electron chi connectivity index (χ2n) is 3.92. The molecule has 106 valence electrons. The van der Waals surface area contributed by atoms with Gasteiger partial charge in [-0.1, -0.05) is 18.2 Å². The Morgan fingerprint density at radius 2 is 1.50 bits per heavy atom. The molecule has 0 saturated heterocycles. The molecule has 0 spiro atoms. The van der Waals surface area contributed by atoms with Gasteiger partial charge >= 0.3 is 6.36 Å². The van der Waals surface area contributed by atoms with Gasteiger partial charge in [0.05, 0.1) is 7.11 Å². The largest absolute Gasteiger partial charge is 0.573 e. The highest BCUT2D eigenvalue weighted by molar-refractivity contribution is 5.65. The van der Waals surface area contributed by atoms with Crippen molar-refractivity contribution in [1.29, 1.82) is 0 Å². The quantitative estimate of drug-likeness (QED) is 0.779. The van der Waals surface area contributed by atoms with E-state index in [9.17, 15) is 17.6 Å². The van der Waals surface area contributed by atoms with Gasteiger partial charge in [-0.3, -0.25) is 0 Å². The molecular formula is C14H10F4O2. The van der Waals surface area contributed by atoms with Crippen LogP contribution in [0, 0.1) is 5.82 Å². The Bertz CT molecular complexity index is 591. The third-order valence-corrected chi connectivity index (χ3v) is 2.57. The lowest BCUT2D eigenvalue weighted by Gasteiger charge is -2.10. The SMILES string of the molecule is COc1ccc(-c2ccc(OC(F)(F)F)cc2)cc1F. The van der Waals surface area contributed by atoms with E-state index in [4.69, 9.17) is 4.74 Å². The van der Waals surface area contributed by atoms with Crippen LogP contribution in [-0.2, 0) is 0 Å². The molecule has 0 saturated carbocycles. The number of hydrogen-bond donors (Lipinski definition) is 0. The zero-order valence-electron chi connectivity index (χ0n) is 10.4. The van der Waals surface area contributed by atoms with E-state index in [1.54, 1.807) is 6.07 Å². The van der Waals surface area contributed by atoms with Crippen LogP contribution >= 0.6 is 0 Å². The van der Waals surface area contributed by atoms with Crippen LogP contribution in [-0.4, -0.2) is 13.5 Å². The van der Waals surface area contributed by atoms with Crippen molar-refractivity contribution in [3.63, 3.8) is 0 Å². The molecule has 0 aromatic heterocycles. The Labute approximate surface area is 112 Å². The second kappa shape index (κ2) is 5.40. The molecule has 0 unspecified atom stereocenters. The maximum absolute atomic E-state index is 13.5. The summed E-state index contributed by atoms with van der Waals surface area (Å²) in [5, 5.41) is 0. The number of halogens is 4. The van der Waals surface area contributed by atoms with Gasteiger partial charge < -0.3 is 9.47 Å². The summed E-state index contributed by atoms with van der Waals surface area (Å²) in [7, 11) is 1.35. The van der Waals surface area contributed by atoms with Gasteiger partial charge in [0, 0.05) is 0 Å². The molecule has 2 nitrogen and oxygen atoms in total. The fraction of sp³-hybridized carbons (Fsp3) is 0.143. The molecule has 0 aliphatic heterocycles. The van der Waals surface area contributed by atoms with E-state index >= 15 is 0 Å². The standard InChI is InChI=1S/C14H10F4O2/c1-19-13-7-4-10(8-12(13)15)9-2-5-11(6-3-9)20-14(16,17)18/h2-8H,1H3. The lowest BCUT2D eigenvalue weighted by molar-refractivity contribution is -0.274. The summed E-state index contributed by atoms with van der Waals surface area (Å²) in [6, 6.07) is 9.49. The van der Waals surface area contributed by atoms with Crippen molar-refractivity contribution >= 4 is 0 Å². The van der Waals surface area contributed by atoms with Crippen LogP contribution in [0.2, 0.25) is 0 Å². The first kappa shape index (κ1) is 14.2. The van der Waals surface area contributed by atoms with Gasteiger partial charge in [0.1, 0.15) is 5.75 Å². The van der Waals surface area contributed by atoms with Gasteiger partial charge in [-0.2, -0.15) is 0 Å². The molecule has 6 heteroatoms. The monoisotopic (exact) mass is 286 g/mol. The van der Waals surface area contributed by atoms with Gasteiger partial charge in [0.25, 0.3) is 0 Å². The minimum absolute atomic E-state index is 0.103. The normalized spacial score (nSPS) is 11.2. The molecule has 2 aromatic rings. The molecule has 0 amide bonds.